The van der Waals surface area contributed by atoms with Gasteiger partial charge in [-0.2, -0.15) is 0 Å². The van der Waals surface area contributed by atoms with Gasteiger partial charge < -0.3 is 18.9 Å². The van der Waals surface area contributed by atoms with Gasteiger partial charge in [0, 0.05) is 0 Å². The van der Waals surface area contributed by atoms with Crippen LogP contribution in [0.3, 0.4) is 0 Å². The smallest absolute Gasteiger partial charge is 0.311 e. The summed E-state index contributed by atoms with van der Waals surface area (Å²) in [6.45, 7) is 19.5. The van der Waals surface area contributed by atoms with E-state index >= 15 is 0 Å². The Morgan fingerprint density at radius 1 is 0.487 bits per heavy atom. The highest BCUT2D eigenvalue weighted by Gasteiger charge is 2.31. The third-order valence-corrected chi connectivity index (χ3v) is 6.53. The first kappa shape index (κ1) is 36.9. The summed E-state index contributed by atoms with van der Waals surface area (Å²) in [6, 6.07) is 0. The van der Waals surface area contributed by atoms with Crippen LogP contribution in [0.25, 0.3) is 0 Å². The van der Waals surface area contributed by atoms with Crippen LogP contribution in [0, 0.1) is 28.1 Å². The van der Waals surface area contributed by atoms with E-state index in [2.05, 4.69) is 0 Å². The minimum absolute atomic E-state index is 0.170. The molecule has 0 aromatic heterocycles. The van der Waals surface area contributed by atoms with Crippen LogP contribution in [-0.4, -0.2) is 50.3 Å². The molecule has 0 radical (unpaired) electrons. The summed E-state index contributed by atoms with van der Waals surface area (Å²) in [4.78, 5) is 48.4. The molecule has 0 fully saturated rings. The molecule has 0 spiro atoms. The molecule has 0 saturated heterocycles. The van der Waals surface area contributed by atoms with Gasteiger partial charge in [-0.3, -0.25) is 19.2 Å². The Kier molecular flexibility index (Phi) is 16.6. The molecule has 0 bridgehead atoms. The summed E-state index contributed by atoms with van der Waals surface area (Å²) in [7, 11) is 0. The van der Waals surface area contributed by atoms with Crippen molar-refractivity contribution in [2.24, 2.45) is 28.1 Å². The van der Waals surface area contributed by atoms with E-state index in [4.69, 9.17) is 18.9 Å². The van der Waals surface area contributed by atoms with Crippen molar-refractivity contribution in [2.75, 3.05) is 26.4 Å². The third kappa shape index (κ3) is 16.6. The van der Waals surface area contributed by atoms with Crippen LogP contribution >= 0.6 is 0 Å². The Morgan fingerprint density at radius 3 is 0.974 bits per heavy atom. The number of ether oxygens (including phenoxy) is 4. The topological polar surface area (TPSA) is 105 Å². The Labute approximate surface area is 237 Å². The predicted octanol–water partition coefficient (Wildman–Crippen LogP) is 6.67. The number of carbonyl (C=O) groups is 4. The highest BCUT2D eigenvalue weighted by molar-refractivity contribution is 5.75. The summed E-state index contributed by atoms with van der Waals surface area (Å²) >= 11 is 0. The molecule has 0 atom stereocenters. The second-order valence-electron chi connectivity index (χ2n) is 13.3. The number of esters is 4. The molecule has 0 aliphatic carbocycles. The maximum Gasteiger partial charge on any atom is 0.311 e. The molecule has 0 amide bonds. The molecule has 39 heavy (non-hydrogen) atoms. The standard InChI is InChI=1S/C31H56O8/c1-23(2)25(32)36-19-11-15-31(16-12-20-37-26(33)24(3)4,17-13-21-38-27(34)29(5,6)7)18-14-22-39-28(35)30(8,9)10/h23-24H,11-22H2,1-10H3. The van der Waals surface area contributed by atoms with Crippen molar-refractivity contribution in [1.29, 1.82) is 0 Å². The zero-order valence-corrected chi connectivity index (χ0v) is 26.4. The van der Waals surface area contributed by atoms with Crippen molar-refractivity contribution in [3.8, 4) is 0 Å². The Hall–Kier alpha value is -2.12. The van der Waals surface area contributed by atoms with Gasteiger partial charge >= 0.3 is 23.9 Å². The van der Waals surface area contributed by atoms with Crippen molar-refractivity contribution in [1.82, 2.24) is 0 Å². The fourth-order valence-corrected chi connectivity index (χ4v) is 3.98. The van der Waals surface area contributed by atoms with Crippen LogP contribution in [0.4, 0.5) is 0 Å². The van der Waals surface area contributed by atoms with Gasteiger partial charge in [0.2, 0.25) is 0 Å². The van der Waals surface area contributed by atoms with Crippen molar-refractivity contribution in [3.05, 3.63) is 0 Å². The summed E-state index contributed by atoms with van der Waals surface area (Å²) in [5.41, 5.74) is -1.29. The van der Waals surface area contributed by atoms with Gasteiger partial charge in [-0.25, -0.2) is 0 Å². The third-order valence-electron chi connectivity index (χ3n) is 6.53. The van der Waals surface area contributed by atoms with Crippen molar-refractivity contribution in [2.45, 2.75) is 121 Å². The van der Waals surface area contributed by atoms with E-state index in [9.17, 15) is 19.2 Å². The number of hydrogen-bond acceptors (Lipinski definition) is 8. The maximum atomic E-state index is 12.2. The predicted molar refractivity (Wildman–Crippen MR) is 152 cm³/mol. The fourth-order valence-electron chi connectivity index (χ4n) is 3.98. The molecule has 0 rings (SSSR count). The van der Waals surface area contributed by atoms with Gasteiger partial charge in [-0.1, -0.05) is 27.7 Å². The molecule has 0 aromatic carbocycles. The second kappa shape index (κ2) is 17.5. The molecule has 0 saturated carbocycles. The Balaban J connectivity index is 5.44. The Bertz CT molecular complexity index is 692. The minimum Gasteiger partial charge on any atom is -0.465 e. The summed E-state index contributed by atoms with van der Waals surface area (Å²) < 4.78 is 21.9. The highest BCUT2D eigenvalue weighted by atomic mass is 16.5. The lowest BCUT2D eigenvalue weighted by atomic mass is 9.72. The average molecular weight is 557 g/mol. The zero-order valence-electron chi connectivity index (χ0n) is 26.4. The monoisotopic (exact) mass is 556 g/mol. The van der Waals surface area contributed by atoms with Crippen molar-refractivity contribution < 1.29 is 38.1 Å². The van der Waals surface area contributed by atoms with E-state index in [-0.39, 0.29) is 41.1 Å². The SMILES string of the molecule is CC(C)C(=O)OCCCC(CCCOC(=O)C(C)C)(CCCOC(=O)C(C)(C)C)CCCOC(=O)C(C)(C)C. The van der Waals surface area contributed by atoms with E-state index in [1.807, 2.05) is 69.2 Å². The Morgan fingerprint density at radius 2 is 0.744 bits per heavy atom. The lowest BCUT2D eigenvalue weighted by Gasteiger charge is -2.35. The van der Waals surface area contributed by atoms with E-state index in [1.165, 1.54) is 0 Å². The fraction of sp³-hybridized carbons (Fsp3) is 0.871. The minimum atomic E-state index is -0.561. The first-order chi connectivity index (χ1) is 17.9. The van der Waals surface area contributed by atoms with Gasteiger partial charge in [-0.05, 0) is 98.3 Å². The van der Waals surface area contributed by atoms with Crippen LogP contribution in [-0.2, 0) is 38.1 Å². The van der Waals surface area contributed by atoms with Crippen LogP contribution in [0.1, 0.15) is 121 Å². The normalized spacial score (nSPS) is 12.4. The number of hydrogen-bond donors (Lipinski definition) is 0. The molecular weight excluding hydrogens is 500 g/mol. The van der Waals surface area contributed by atoms with Gasteiger partial charge in [0.25, 0.3) is 0 Å². The van der Waals surface area contributed by atoms with Gasteiger partial charge in [0.1, 0.15) is 0 Å². The summed E-state index contributed by atoms with van der Waals surface area (Å²) in [5.74, 6) is -1.26. The summed E-state index contributed by atoms with van der Waals surface area (Å²) in [6.07, 6.45) is 5.89. The second-order valence-corrected chi connectivity index (χ2v) is 13.3. The number of rotatable bonds is 18. The maximum absolute atomic E-state index is 12.2. The van der Waals surface area contributed by atoms with Crippen molar-refractivity contribution >= 4 is 23.9 Å². The lowest BCUT2D eigenvalue weighted by Crippen LogP contribution is -2.27. The molecular formula is C31H56O8. The van der Waals surface area contributed by atoms with E-state index in [0.29, 0.717) is 52.1 Å². The van der Waals surface area contributed by atoms with Gasteiger partial charge in [-0.15, -0.1) is 0 Å². The molecule has 0 N–H and O–H groups in total. The molecule has 0 aromatic rings. The first-order valence-electron chi connectivity index (χ1n) is 14.6. The van der Waals surface area contributed by atoms with Crippen LogP contribution in [0.15, 0.2) is 0 Å². The summed E-state index contributed by atoms with van der Waals surface area (Å²) in [5, 5.41) is 0. The zero-order chi connectivity index (χ0) is 30.3. The first-order valence-corrected chi connectivity index (χ1v) is 14.6. The van der Waals surface area contributed by atoms with Crippen molar-refractivity contribution in [3.63, 3.8) is 0 Å². The molecule has 0 aliphatic rings. The number of carbonyl (C=O) groups excluding carboxylic acids is 4. The van der Waals surface area contributed by atoms with Gasteiger partial charge in [0.15, 0.2) is 0 Å². The average Bonchev–Trinajstić information content (AvgIpc) is 2.82. The van der Waals surface area contributed by atoms with E-state index in [1.54, 1.807) is 0 Å². The van der Waals surface area contributed by atoms with E-state index in [0.717, 1.165) is 25.7 Å². The molecule has 8 heteroatoms. The molecule has 8 nitrogen and oxygen atoms in total. The van der Waals surface area contributed by atoms with Crippen LogP contribution < -0.4 is 0 Å². The van der Waals surface area contributed by atoms with E-state index < -0.39 is 10.8 Å². The molecule has 228 valence electrons. The van der Waals surface area contributed by atoms with Crippen LogP contribution in [0.5, 0.6) is 0 Å². The largest absolute Gasteiger partial charge is 0.465 e. The molecule has 0 heterocycles. The lowest BCUT2D eigenvalue weighted by molar-refractivity contribution is -0.153. The quantitative estimate of drug-likeness (QED) is 0.105. The van der Waals surface area contributed by atoms with Crippen LogP contribution in [0.2, 0.25) is 0 Å². The molecule has 0 unspecified atom stereocenters. The highest BCUT2D eigenvalue weighted by Crippen LogP contribution is 2.40. The molecule has 0 aliphatic heterocycles. The van der Waals surface area contributed by atoms with Gasteiger partial charge in [0.05, 0.1) is 49.1 Å².